The number of likely N-dealkylation sites (N-methyl/N-ethyl adjacent to an activating group) is 1. The fourth-order valence-electron chi connectivity index (χ4n) is 2.17. The smallest absolute Gasteiger partial charge is 0.160 e. The molecule has 0 spiro atoms. The molecule has 0 atom stereocenters. The molecular weight excluding hydrogens is 292 g/mol. The second-order valence-corrected chi connectivity index (χ2v) is 5.21. The van der Waals surface area contributed by atoms with E-state index in [0.717, 1.165) is 30.1 Å². The van der Waals surface area contributed by atoms with Gasteiger partial charge in [0, 0.05) is 33.9 Å². The summed E-state index contributed by atoms with van der Waals surface area (Å²) in [5.74, 6) is 1.80. The molecule has 0 saturated carbocycles. The van der Waals surface area contributed by atoms with Crippen molar-refractivity contribution in [2.24, 2.45) is 0 Å². The van der Waals surface area contributed by atoms with E-state index in [4.69, 9.17) is 14.2 Å². The summed E-state index contributed by atoms with van der Waals surface area (Å²) in [5.41, 5.74) is 1.15. The number of hydrogen-bond donors (Lipinski definition) is 0. The normalized spacial score (nSPS) is 10.8. The van der Waals surface area contributed by atoms with Crippen LogP contribution in [0.2, 0.25) is 0 Å². The van der Waals surface area contributed by atoms with Gasteiger partial charge in [-0.15, -0.1) is 0 Å². The van der Waals surface area contributed by atoms with E-state index in [-0.39, 0.29) is 6.29 Å². The van der Waals surface area contributed by atoms with Crippen LogP contribution in [0.4, 0.5) is 5.82 Å². The summed E-state index contributed by atoms with van der Waals surface area (Å²) < 4.78 is 16.2. The number of anilines is 1. The number of rotatable bonds is 9. The minimum Gasteiger partial charge on any atom is -0.492 e. The summed E-state index contributed by atoms with van der Waals surface area (Å²) >= 11 is 0. The Morgan fingerprint density at radius 1 is 1.04 bits per heavy atom. The average Bonchev–Trinajstić information content (AvgIpc) is 2.61. The van der Waals surface area contributed by atoms with E-state index in [0.29, 0.717) is 6.61 Å². The minimum atomic E-state index is -0.214. The number of hydrogen-bond acceptors (Lipinski definition) is 5. The molecule has 1 heterocycles. The molecule has 2 rings (SSSR count). The third kappa shape index (κ3) is 5.54. The Bertz CT molecular complexity index is 556. The lowest BCUT2D eigenvalue weighted by atomic mass is 10.1. The molecule has 1 aromatic carbocycles. The molecule has 0 amide bonds. The van der Waals surface area contributed by atoms with Crippen LogP contribution >= 0.6 is 0 Å². The van der Waals surface area contributed by atoms with E-state index in [1.54, 1.807) is 20.4 Å². The molecule has 2 aromatic rings. The van der Waals surface area contributed by atoms with Crippen LogP contribution < -0.4 is 9.64 Å². The maximum atomic E-state index is 5.78. The van der Waals surface area contributed by atoms with Gasteiger partial charge in [0.1, 0.15) is 18.2 Å². The van der Waals surface area contributed by atoms with Crippen molar-refractivity contribution in [1.29, 1.82) is 0 Å². The fourth-order valence-corrected chi connectivity index (χ4v) is 2.17. The van der Waals surface area contributed by atoms with Gasteiger partial charge in [-0.1, -0.05) is 18.2 Å². The SMILES string of the molecule is COC(Cc1ccc(OCCN(C)c2ccccn2)cc1)OC. The van der Waals surface area contributed by atoms with Gasteiger partial charge in [0.25, 0.3) is 0 Å². The molecule has 0 aliphatic carbocycles. The second-order valence-electron chi connectivity index (χ2n) is 5.21. The lowest BCUT2D eigenvalue weighted by Crippen LogP contribution is -2.24. The predicted molar refractivity (Wildman–Crippen MR) is 91.0 cm³/mol. The number of methoxy groups -OCH3 is 2. The molecule has 1 aromatic heterocycles. The van der Waals surface area contributed by atoms with Crippen molar-refractivity contribution < 1.29 is 14.2 Å². The third-order valence-corrected chi connectivity index (χ3v) is 3.59. The van der Waals surface area contributed by atoms with Crippen molar-refractivity contribution in [3.8, 4) is 5.75 Å². The Hall–Kier alpha value is -2.11. The summed E-state index contributed by atoms with van der Waals surface area (Å²) in [6.07, 6.45) is 2.29. The zero-order valence-corrected chi connectivity index (χ0v) is 13.9. The molecule has 124 valence electrons. The number of aromatic nitrogens is 1. The highest BCUT2D eigenvalue weighted by Crippen LogP contribution is 2.15. The van der Waals surface area contributed by atoms with Gasteiger partial charge in [0.05, 0.1) is 6.54 Å². The van der Waals surface area contributed by atoms with E-state index in [2.05, 4.69) is 9.88 Å². The monoisotopic (exact) mass is 316 g/mol. The number of ether oxygens (including phenoxy) is 3. The number of nitrogens with zero attached hydrogens (tertiary/aromatic N) is 2. The largest absolute Gasteiger partial charge is 0.492 e. The summed E-state index contributed by atoms with van der Waals surface area (Å²) in [4.78, 5) is 6.37. The maximum absolute atomic E-state index is 5.78. The first kappa shape index (κ1) is 17.2. The molecule has 0 fully saturated rings. The van der Waals surface area contributed by atoms with Gasteiger partial charge < -0.3 is 19.1 Å². The number of benzene rings is 1. The zero-order chi connectivity index (χ0) is 16.5. The Morgan fingerprint density at radius 2 is 1.78 bits per heavy atom. The molecule has 5 heteroatoms. The van der Waals surface area contributed by atoms with E-state index in [9.17, 15) is 0 Å². The standard InChI is InChI=1S/C18H24N2O3/c1-20(17-6-4-5-11-19-17)12-13-23-16-9-7-15(8-10-16)14-18(21-2)22-3/h4-11,18H,12-14H2,1-3H3. The molecule has 0 radical (unpaired) electrons. The first-order valence-corrected chi connectivity index (χ1v) is 7.62. The third-order valence-electron chi connectivity index (χ3n) is 3.59. The van der Waals surface area contributed by atoms with Gasteiger partial charge in [-0.2, -0.15) is 0 Å². The van der Waals surface area contributed by atoms with Crippen LogP contribution in [0.1, 0.15) is 5.56 Å². The molecule has 23 heavy (non-hydrogen) atoms. The Kier molecular flexibility index (Phi) is 6.84. The molecule has 5 nitrogen and oxygen atoms in total. The van der Waals surface area contributed by atoms with Gasteiger partial charge in [-0.25, -0.2) is 4.98 Å². The maximum Gasteiger partial charge on any atom is 0.160 e. The lowest BCUT2D eigenvalue weighted by molar-refractivity contribution is -0.100. The minimum absolute atomic E-state index is 0.214. The van der Waals surface area contributed by atoms with Crippen molar-refractivity contribution in [1.82, 2.24) is 4.98 Å². The van der Waals surface area contributed by atoms with Crippen LogP contribution in [0.3, 0.4) is 0 Å². The van der Waals surface area contributed by atoms with E-state index < -0.39 is 0 Å². The zero-order valence-electron chi connectivity index (χ0n) is 13.9. The first-order chi connectivity index (χ1) is 11.2. The molecular formula is C18H24N2O3. The molecule has 0 N–H and O–H groups in total. The number of pyridine rings is 1. The van der Waals surface area contributed by atoms with Crippen molar-refractivity contribution in [3.05, 3.63) is 54.2 Å². The van der Waals surface area contributed by atoms with Gasteiger partial charge >= 0.3 is 0 Å². The Balaban J connectivity index is 1.78. The summed E-state index contributed by atoms with van der Waals surface area (Å²) in [6.45, 7) is 1.37. The van der Waals surface area contributed by atoms with Gasteiger partial charge in [-0.05, 0) is 29.8 Å². The van der Waals surface area contributed by atoms with Crippen LogP contribution in [0.15, 0.2) is 48.7 Å². The van der Waals surface area contributed by atoms with Crippen LogP contribution in [-0.2, 0) is 15.9 Å². The van der Waals surface area contributed by atoms with E-state index in [1.807, 2.05) is 49.5 Å². The van der Waals surface area contributed by atoms with Crippen molar-refractivity contribution in [2.45, 2.75) is 12.7 Å². The van der Waals surface area contributed by atoms with Crippen molar-refractivity contribution in [2.75, 3.05) is 39.3 Å². The highest BCUT2D eigenvalue weighted by molar-refractivity contribution is 5.36. The Labute approximate surface area is 137 Å². The first-order valence-electron chi connectivity index (χ1n) is 7.62. The molecule has 0 bridgehead atoms. The molecule has 0 saturated heterocycles. The molecule has 0 aliphatic rings. The second kappa shape index (κ2) is 9.12. The van der Waals surface area contributed by atoms with Crippen molar-refractivity contribution in [3.63, 3.8) is 0 Å². The predicted octanol–water partition coefficient (Wildman–Crippen LogP) is 2.76. The van der Waals surface area contributed by atoms with Gasteiger partial charge in [0.2, 0.25) is 0 Å². The quantitative estimate of drug-likeness (QED) is 0.666. The fraction of sp³-hybridized carbons (Fsp3) is 0.389. The van der Waals surface area contributed by atoms with Crippen molar-refractivity contribution >= 4 is 5.82 Å². The van der Waals surface area contributed by atoms with Gasteiger partial charge in [0.15, 0.2) is 6.29 Å². The average molecular weight is 316 g/mol. The highest BCUT2D eigenvalue weighted by atomic mass is 16.7. The summed E-state index contributed by atoms with van der Waals surface area (Å²) in [6, 6.07) is 13.9. The van der Waals surface area contributed by atoms with Gasteiger partial charge in [-0.3, -0.25) is 0 Å². The summed E-state index contributed by atoms with van der Waals surface area (Å²) in [7, 11) is 5.29. The van der Waals surface area contributed by atoms with Crippen LogP contribution in [-0.4, -0.2) is 45.7 Å². The topological polar surface area (TPSA) is 43.8 Å². The van der Waals surface area contributed by atoms with Crippen LogP contribution in [0.5, 0.6) is 5.75 Å². The summed E-state index contributed by atoms with van der Waals surface area (Å²) in [5, 5.41) is 0. The van der Waals surface area contributed by atoms with E-state index in [1.165, 1.54) is 0 Å². The van der Waals surface area contributed by atoms with E-state index >= 15 is 0 Å². The molecule has 0 aliphatic heterocycles. The van der Waals surface area contributed by atoms with Crippen LogP contribution in [0, 0.1) is 0 Å². The highest BCUT2D eigenvalue weighted by Gasteiger charge is 2.06. The molecule has 0 unspecified atom stereocenters. The lowest BCUT2D eigenvalue weighted by Gasteiger charge is -2.18. The Morgan fingerprint density at radius 3 is 2.39 bits per heavy atom. The van der Waals surface area contributed by atoms with Crippen LogP contribution in [0.25, 0.3) is 0 Å².